The molecule has 2 aromatic carbocycles. The third-order valence-corrected chi connectivity index (χ3v) is 6.95. The maximum Gasteiger partial charge on any atom is 0.150 e. The van der Waals surface area contributed by atoms with Crippen molar-refractivity contribution < 1.29 is 9.13 Å². The molecule has 7 nitrogen and oxygen atoms in total. The monoisotopic (exact) mass is 460 g/mol. The van der Waals surface area contributed by atoms with Gasteiger partial charge in [0.15, 0.2) is 0 Å². The summed E-state index contributed by atoms with van der Waals surface area (Å²) in [6.45, 7) is 3.26. The lowest BCUT2D eigenvalue weighted by atomic mass is 10.2. The van der Waals surface area contributed by atoms with Crippen LogP contribution in [0.15, 0.2) is 58.2 Å². The number of rotatable bonds is 3. The second-order valence-electron chi connectivity index (χ2n) is 7.38. The van der Waals surface area contributed by atoms with Crippen LogP contribution in [0, 0.1) is 5.82 Å². The van der Waals surface area contributed by atoms with E-state index in [1.54, 1.807) is 17.3 Å². The van der Waals surface area contributed by atoms with Gasteiger partial charge in [-0.15, -0.1) is 0 Å². The minimum absolute atomic E-state index is 0.0376. The van der Waals surface area contributed by atoms with Crippen molar-refractivity contribution in [3.8, 4) is 0 Å². The van der Waals surface area contributed by atoms with Crippen molar-refractivity contribution in [3.05, 3.63) is 64.0 Å². The number of nitrogens with zero attached hydrogens (tertiary/aromatic N) is 4. The summed E-state index contributed by atoms with van der Waals surface area (Å²) in [5.41, 5.74) is 15.4. The normalized spacial score (nSPS) is 23.5. The molecule has 1 fully saturated rings. The second-order valence-corrected chi connectivity index (χ2v) is 8.94. The zero-order valence-electron chi connectivity index (χ0n) is 16.6. The van der Waals surface area contributed by atoms with Gasteiger partial charge in [0.25, 0.3) is 0 Å². The van der Waals surface area contributed by atoms with E-state index in [-0.39, 0.29) is 10.5 Å². The van der Waals surface area contributed by atoms with E-state index in [4.69, 9.17) is 27.8 Å². The van der Waals surface area contributed by atoms with Gasteiger partial charge >= 0.3 is 0 Å². The molecule has 3 aliphatic heterocycles. The molecule has 10 heteroatoms. The first kappa shape index (κ1) is 20.6. The quantitative estimate of drug-likeness (QED) is 0.728. The van der Waals surface area contributed by atoms with E-state index in [0.29, 0.717) is 5.69 Å². The minimum atomic E-state index is -0.497. The Kier molecular flexibility index (Phi) is 5.53. The molecular weight excluding hydrogens is 439 g/mol. The molecule has 0 amide bonds. The molecule has 31 heavy (non-hydrogen) atoms. The van der Waals surface area contributed by atoms with E-state index in [2.05, 4.69) is 22.0 Å². The number of hydrogen-bond donors (Lipinski definition) is 2. The SMILES string of the molecule is NC1C2=C(N=CN1c1ccc(F)c(Cl)c1)N(c1ccc(N3CCOCC3)cc1)C(N)S2. The molecule has 0 spiro atoms. The van der Waals surface area contributed by atoms with Gasteiger partial charge in [0.05, 0.1) is 29.5 Å². The molecule has 2 atom stereocenters. The van der Waals surface area contributed by atoms with Gasteiger partial charge in [-0.3, -0.25) is 4.90 Å². The number of thioether (sulfide) groups is 1. The zero-order valence-corrected chi connectivity index (χ0v) is 18.2. The smallest absolute Gasteiger partial charge is 0.150 e. The Morgan fingerprint density at radius 2 is 1.71 bits per heavy atom. The maximum absolute atomic E-state index is 13.6. The molecule has 3 aliphatic rings. The van der Waals surface area contributed by atoms with E-state index in [0.717, 1.165) is 48.4 Å². The number of morpholine rings is 1. The number of hydrogen-bond acceptors (Lipinski definition) is 8. The van der Waals surface area contributed by atoms with E-state index in [1.165, 1.54) is 23.9 Å². The summed E-state index contributed by atoms with van der Waals surface area (Å²) in [6.07, 6.45) is 1.14. The molecule has 0 aliphatic carbocycles. The average molecular weight is 461 g/mol. The van der Waals surface area contributed by atoms with Gasteiger partial charge in [-0.1, -0.05) is 23.4 Å². The molecule has 2 aromatic rings. The molecule has 5 rings (SSSR count). The highest BCUT2D eigenvalue weighted by Gasteiger charge is 2.38. The number of halogens is 2. The summed E-state index contributed by atoms with van der Waals surface area (Å²) in [4.78, 5) is 11.5. The minimum Gasteiger partial charge on any atom is -0.378 e. The predicted octanol–water partition coefficient (Wildman–Crippen LogP) is 3.11. The average Bonchev–Trinajstić information content (AvgIpc) is 3.13. The molecule has 0 aromatic heterocycles. The standard InChI is InChI=1S/C21H22ClFN6OS/c22-16-11-15(5-6-17(16)23)28-12-26-20-18(19(28)24)31-21(25)29(20)14-3-1-13(2-4-14)27-7-9-30-10-8-27/h1-6,11-12,19,21H,7-10,24-25H2. The van der Waals surface area contributed by atoms with Crippen LogP contribution in [0.5, 0.6) is 0 Å². The number of nitrogens with two attached hydrogens (primary N) is 2. The van der Waals surface area contributed by atoms with Gasteiger partial charge in [0.2, 0.25) is 0 Å². The molecule has 0 bridgehead atoms. The Bertz CT molecular complexity index is 1040. The third-order valence-electron chi connectivity index (χ3n) is 5.53. The van der Waals surface area contributed by atoms with Crippen LogP contribution in [0.3, 0.4) is 0 Å². The predicted molar refractivity (Wildman–Crippen MR) is 125 cm³/mol. The van der Waals surface area contributed by atoms with Crippen LogP contribution in [-0.2, 0) is 4.74 Å². The van der Waals surface area contributed by atoms with Crippen LogP contribution in [0.1, 0.15) is 0 Å². The first-order valence-corrected chi connectivity index (χ1v) is 11.2. The first-order chi connectivity index (χ1) is 15.0. The molecule has 3 heterocycles. The second kappa shape index (κ2) is 8.33. The Morgan fingerprint density at radius 3 is 2.42 bits per heavy atom. The van der Waals surface area contributed by atoms with E-state index < -0.39 is 12.0 Å². The molecule has 162 valence electrons. The lowest BCUT2D eigenvalue weighted by Crippen LogP contribution is -2.44. The largest absolute Gasteiger partial charge is 0.378 e. The van der Waals surface area contributed by atoms with Crippen LogP contribution >= 0.6 is 23.4 Å². The summed E-state index contributed by atoms with van der Waals surface area (Å²) < 4.78 is 19.0. The number of benzene rings is 2. The Hall–Kier alpha value is -2.30. The van der Waals surface area contributed by atoms with Crippen molar-refractivity contribution in [2.45, 2.75) is 11.7 Å². The van der Waals surface area contributed by atoms with Crippen molar-refractivity contribution in [2.75, 3.05) is 41.0 Å². The van der Waals surface area contributed by atoms with Crippen LogP contribution in [0.25, 0.3) is 0 Å². The van der Waals surface area contributed by atoms with Crippen molar-refractivity contribution >= 4 is 46.8 Å². The van der Waals surface area contributed by atoms with Gasteiger partial charge < -0.3 is 26.0 Å². The lowest BCUT2D eigenvalue weighted by molar-refractivity contribution is 0.122. The van der Waals surface area contributed by atoms with Gasteiger partial charge in [-0.2, -0.15) is 0 Å². The van der Waals surface area contributed by atoms with Crippen molar-refractivity contribution in [1.82, 2.24) is 0 Å². The molecule has 1 saturated heterocycles. The van der Waals surface area contributed by atoms with Gasteiger partial charge in [-0.05, 0) is 42.5 Å². The summed E-state index contributed by atoms with van der Waals surface area (Å²) in [7, 11) is 0. The number of aliphatic imine (C=N–C) groups is 1. The van der Waals surface area contributed by atoms with Crippen molar-refractivity contribution in [2.24, 2.45) is 16.5 Å². The summed E-state index contributed by atoms with van der Waals surface area (Å²) in [5.74, 6) is 0.255. The third kappa shape index (κ3) is 3.77. The summed E-state index contributed by atoms with van der Waals surface area (Å²) in [5, 5.41) is 0.0376. The lowest BCUT2D eigenvalue weighted by Gasteiger charge is -2.32. The van der Waals surface area contributed by atoms with E-state index in [9.17, 15) is 4.39 Å². The van der Waals surface area contributed by atoms with Crippen LogP contribution in [0.4, 0.5) is 21.5 Å². The van der Waals surface area contributed by atoms with Crippen LogP contribution in [0.2, 0.25) is 5.02 Å². The zero-order chi connectivity index (χ0) is 21.5. The molecule has 4 N–H and O–H groups in total. The highest BCUT2D eigenvalue weighted by atomic mass is 35.5. The molecule has 0 saturated carbocycles. The summed E-state index contributed by atoms with van der Waals surface area (Å²) in [6, 6.07) is 12.8. The summed E-state index contributed by atoms with van der Waals surface area (Å²) >= 11 is 7.41. The highest BCUT2D eigenvalue weighted by Crippen LogP contribution is 2.43. The van der Waals surface area contributed by atoms with E-state index in [1.807, 2.05) is 17.0 Å². The fraction of sp³-hybridized carbons (Fsp3) is 0.286. The topological polar surface area (TPSA) is 83.3 Å². The number of anilines is 3. The van der Waals surface area contributed by atoms with E-state index >= 15 is 0 Å². The van der Waals surface area contributed by atoms with Gasteiger partial charge in [-0.25, -0.2) is 9.38 Å². The Balaban J connectivity index is 1.39. The maximum atomic E-state index is 13.6. The molecular formula is C21H22ClFN6OS. The first-order valence-electron chi connectivity index (χ1n) is 9.94. The molecule has 2 unspecified atom stereocenters. The molecule has 0 radical (unpaired) electrons. The fourth-order valence-corrected chi connectivity index (χ4v) is 5.18. The van der Waals surface area contributed by atoms with Gasteiger partial charge in [0, 0.05) is 30.2 Å². The van der Waals surface area contributed by atoms with Crippen LogP contribution in [-0.4, -0.2) is 44.3 Å². The number of ether oxygens (including phenoxy) is 1. The van der Waals surface area contributed by atoms with Crippen LogP contribution < -0.4 is 26.2 Å². The fourth-order valence-electron chi connectivity index (χ4n) is 3.91. The Labute approximate surface area is 189 Å². The van der Waals surface area contributed by atoms with Crippen molar-refractivity contribution in [3.63, 3.8) is 0 Å². The van der Waals surface area contributed by atoms with Crippen molar-refractivity contribution in [1.29, 1.82) is 0 Å². The highest BCUT2D eigenvalue weighted by molar-refractivity contribution is 8.04. The van der Waals surface area contributed by atoms with Gasteiger partial charge in [0.1, 0.15) is 23.3 Å². The Morgan fingerprint density at radius 1 is 1.03 bits per heavy atom.